The van der Waals surface area contributed by atoms with Crippen LogP contribution >= 0.6 is 0 Å². The van der Waals surface area contributed by atoms with Gasteiger partial charge >= 0.3 is 5.97 Å². The smallest absolute Gasteiger partial charge is 0.302 e. The van der Waals surface area contributed by atoms with E-state index in [4.69, 9.17) is 4.74 Å². The zero-order valence-electron chi connectivity index (χ0n) is 12.9. The Balaban J connectivity index is 2.05. The highest BCUT2D eigenvalue weighted by Gasteiger charge is 2.38. The van der Waals surface area contributed by atoms with Gasteiger partial charge in [-0.25, -0.2) is 0 Å². The molecule has 1 saturated carbocycles. The van der Waals surface area contributed by atoms with Gasteiger partial charge in [-0.3, -0.25) is 4.79 Å². The van der Waals surface area contributed by atoms with Crippen LogP contribution in [0.15, 0.2) is 42.5 Å². The second-order valence-corrected chi connectivity index (χ2v) is 6.32. The van der Waals surface area contributed by atoms with E-state index in [0.29, 0.717) is 6.61 Å². The fraction of sp³-hybridized carbons (Fsp3) is 0.421. The predicted molar refractivity (Wildman–Crippen MR) is 86.7 cm³/mol. The fourth-order valence-corrected chi connectivity index (χ4v) is 3.57. The lowest BCUT2D eigenvalue weighted by Gasteiger charge is -2.39. The van der Waals surface area contributed by atoms with E-state index in [0.717, 1.165) is 25.7 Å². The summed E-state index contributed by atoms with van der Waals surface area (Å²) in [6.07, 6.45) is 2.96. The van der Waals surface area contributed by atoms with Crippen LogP contribution in [0.25, 0.3) is 10.8 Å². The maximum atomic E-state index is 11.3. The average Bonchev–Trinajstić information content (AvgIpc) is 2.54. The molecule has 0 aromatic heterocycles. The lowest BCUT2D eigenvalue weighted by Crippen LogP contribution is -2.38. The van der Waals surface area contributed by atoms with Crippen molar-refractivity contribution in [2.75, 3.05) is 6.61 Å². The Hall–Kier alpha value is -1.87. The molecule has 116 valence electrons. The molecule has 1 aliphatic carbocycles. The largest absolute Gasteiger partial charge is 0.465 e. The summed E-state index contributed by atoms with van der Waals surface area (Å²) in [6.45, 7) is 1.84. The fourth-order valence-electron chi connectivity index (χ4n) is 3.57. The quantitative estimate of drug-likeness (QED) is 0.881. The second-order valence-electron chi connectivity index (χ2n) is 6.32. The van der Waals surface area contributed by atoms with Gasteiger partial charge in [0.15, 0.2) is 0 Å². The van der Waals surface area contributed by atoms with Crippen LogP contribution in [0.5, 0.6) is 0 Å². The van der Waals surface area contributed by atoms with Gasteiger partial charge in [0.2, 0.25) is 0 Å². The van der Waals surface area contributed by atoms with Crippen molar-refractivity contribution in [2.24, 2.45) is 0 Å². The van der Waals surface area contributed by atoms with Gasteiger partial charge in [-0.05, 0) is 42.0 Å². The monoisotopic (exact) mass is 298 g/mol. The third-order valence-electron chi connectivity index (χ3n) is 4.82. The summed E-state index contributed by atoms with van der Waals surface area (Å²) in [7, 11) is 0. The summed E-state index contributed by atoms with van der Waals surface area (Å²) in [6, 6.07) is 14.6. The van der Waals surface area contributed by atoms with Crippen molar-refractivity contribution in [3.63, 3.8) is 0 Å². The van der Waals surface area contributed by atoms with Gasteiger partial charge in [0, 0.05) is 12.3 Å². The van der Waals surface area contributed by atoms with Crippen molar-refractivity contribution >= 4 is 16.7 Å². The van der Waals surface area contributed by atoms with Gasteiger partial charge in [-0.15, -0.1) is 0 Å². The minimum atomic E-state index is -0.245. The number of hydrogen-bond donors (Lipinski definition) is 1. The molecule has 3 heteroatoms. The minimum absolute atomic E-state index is 0.189. The van der Waals surface area contributed by atoms with Crippen molar-refractivity contribution in [3.05, 3.63) is 48.0 Å². The molecule has 1 fully saturated rings. The molecule has 2 aromatic rings. The molecule has 0 radical (unpaired) electrons. The molecule has 0 aliphatic heterocycles. The van der Waals surface area contributed by atoms with Crippen LogP contribution in [0.3, 0.4) is 0 Å². The molecule has 0 saturated heterocycles. The molecule has 0 unspecified atom stereocenters. The normalized spacial score (nSPS) is 25.1. The van der Waals surface area contributed by atoms with Crippen LogP contribution in [-0.4, -0.2) is 23.8 Å². The van der Waals surface area contributed by atoms with Gasteiger partial charge < -0.3 is 9.84 Å². The highest BCUT2D eigenvalue weighted by molar-refractivity contribution is 5.86. The number of benzene rings is 2. The summed E-state index contributed by atoms with van der Waals surface area (Å²) in [5.74, 6) is -0.245. The first-order chi connectivity index (χ1) is 10.6. The van der Waals surface area contributed by atoms with Crippen LogP contribution in [0, 0.1) is 0 Å². The maximum Gasteiger partial charge on any atom is 0.302 e. The molecule has 1 N–H and O–H groups in total. The van der Waals surface area contributed by atoms with E-state index in [1.807, 2.05) is 12.1 Å². The number of carbonyl (C=O) groups excluding carboxylic acids is 1. The van der Waals surface area contributed by atoms with Crippen molar-refractivity contribution in [2.45, 2.75) is 44.1 Å². The van der Waals surface area contributed by atoms with Crippen LogP contribution in [0.4, 0.5) is 0 Å². The molecule has 3 rings (SSSR count). The van der Waals surface area contributed by atoms with Crippen molar-refractivity contribution in [1.82, 2.24) is 0 Å². The predicted octanol–water partition coefficient (Wildman–Crippen LogP) is 3.58. The van der Waals surface area contributed by atoms with Crippen LogP contribution in [0.2, 0.25) is 0 Å². The van der Waals surface area contributed by atoms with Crippen molar-refractivity contribution in [1.29, 1.82) is 0 Å². The summed E-state index contributed by atoms with van der Waals surface area (Å²) in [4.78, 5) is 11.3. The van der Waals surface area contributed by atoms with Crippen LogP contribution in [0.1, 0.15) is 38.2 Å². The Bertz CT molecular complexity index is 664. The molecule has 3 nitrogen and oxygen atoms in total. The highest BCUT2D eigenvalue weighted by Crippen LogP contribution is 2.42. The maximum absolute atomic E-state index is 11.3. The number of rotatable bonds is 3. The van der Waals surface area contributed by atoms with Gasteiger partial charge in [0.1, 0.15) is 6.61 Å². The Morgan fingerprint density at radius 3 is 2.59 bits per heavy atom. The third-order valence-corrected chi connectivity index (χ3v) is 4.82. The van der Waals surface area contributed by atoms with Crippen molar-refractivity contribution < 1.29 is 14.6 Å². The topological polar surface area (TPSA) is 46.5 Å². The number of carbonyl (C=O) groups is 1. The Labute approximate surface area is 130 Å². The zero-order valence-corrected chi connectivity index (χ0v) is 12.9. The Morgan fingerprint density at radius 1 is 1.18 bits per heavy atom. The molecule has 2 aromatic carbocycles. The van der Waals surface area contributed by atoms with Gasteiger partial charge in [-0.2, -0.15) is 0 Å². The number of fused-ring (bicyclic) bond motifs is 1. The number of esters is 1. The first kappa shape index (κ1) is 15.0. The summed E-state index contributed by atoms with van der Waals surface area (Å²) >= 11 is 0. The van der Waals surface area contributed by atoms with E-state index in [9.17, 15) is 9.90 Å². The lowest BCUT2D eigenvalue weighted by atomic mass is 9.68. The number of ether oxygens (including phenoxy) is 1. The van der Waals surface area contributed by atoms with Crippen molar-refractivity contribution in [3.8, 4) is 0 Å². The zero-order chi connectivity index (χ0) is 15.6. The van der Waals surface area contributed by atoms with Gasteiger partial charge in [0.25, 0.3) is 0 Å². The van der Waals surface area contributed by atoms with Gasteiger partial charge in [-0.1, -0.05) is 42.5 Å². The molecule has 0 amide bonds. The van der Waals surface area contributed by atoms with E-state index >= 15 is 0 Å². The van der Waals surface area contributed by atoms with Gasteiger partial charge in [0.05, 0.1) is 6.10 Å². The molecule has 22 heavy (non-hydrogen) atoms. The van der Waals surface area contributed by atoms with E-state index in [1.54, 1.807) is 0 Å². The minimum Gasteiger partial charge on any atom is -0.465 e. The first-order valence-corrected chi connectivity index (χ1v) is 7.90. The Morgan fingerprint density at radius 2 is 1.86 bits per heavy atom. The standard InChI is InChI=1S/C19H22O3/c1-14(20)22-13-19(11-9-16(21)10-12-19)18-8-4-6-15-5-2-3-7-17(15)18/h2-8,16,21H,9-13H2,1H3/t16-,19+. The lowest BCUT2D eigenvalue weighted by molar-refractivity contribution is -0.143. The molecule has 0 atom stereocenters. The van der Waals surface area contributed by atoms with E-state index < -0.39 is 0 Å². The SMILES string of the molecule is CC(=O)OC[C@]1(c2cccc3ccccc32)CC[C@@H](O)CC1. The number of aliphatic hydroxyl groups is 1. The van der Waals surface area contributed by atoms with Crippen LogP contribution in [-0.2, 0) is 14.9 Å². The second kappa shape index (κ2) is 6.09. The summed E-state index contributed by atoms with van der Waals surface area (Å²) in [5, 5.41) is 12.3. The van der Waals surface area contributed by atoms with E-state index in [2.05, 4.69) is 30.3 Å². The highest BCUT2D eigenvalue weighted by atomic mass is 16.5. The third kappa shape index (κ3) is 2.86. The average molecular weight is 298 g/mol. The Kier molecular flexibility index (Phi) is 4.16. The van der Waals surface area contributed by atoms with E-state index in [1.165, 1.54) is 23.3 Å². The number of aliphatic hydroxyl groups excluding tert-OH is 1. The summed E-state index contributed by atoms with van der Waals surface area (Å²) < 4.78 is 5.40. The van der Waals surface area contributed by atoms with Crippen LogP contribution < -0.4 is 0 Å². The summed E-state index contributed by atoms with van der Waals surface area (Å²) in [5.41, 5.74) is 1.05. The molecule has 0 bridgehead atoms. The molecule has 1 aliphatic rings. The molecule has 0 spiro atoms. The first-order valence-electron chi connectivity index (χ1n) is 7.90. The molecular formula is C19H22O3. The van der Waals surface area contributed by atoms with E-state index in [-0.39, 0.29) is 17.5 Å². The molecular weight excluding hydrogens is 276 g/mol. The number of hydrogen-bond acceptors (Lipinski definition) is 3. The molecule has 0 heterocycles.